The number of aromatic nitrogens is 4. The highest BCUT2D eigenvalue weighted by molar-refractivity contribution is 6.03. The number of carbonyl (C=O) groups excluding carboxylic acids is 1. The van der Waals surface area contributed by atoms with Gasteiger partial charge in [0, 0.05) is 19.0 Å². The van der Waals surface area contributed by atoms with Crippen molar-refractivity contribution in [3.8, 4) is 0 Å². The van der Waals surface area contributed by atoms with E-state index in [1.807, 2.05) is 18.2 Å². The number of carbonyl (C=O) groups is 1. The molecule has 0 aliphatic carbocycles. The molecule has 3 aromatic heterocycles. The number of hydrogen-bond donors (Lipinski definition) is 1. The zero-order valence-corrected chi connectivity index (χ0v) is 13.8. The fourth-order valence-electron chi connectivity index (χ4n) is 2.96. The van der Waals surface area contributed by atoms with Crippen molar-refractivity contribution in [1.82, 2.24) is 19.7 Å². The average Bonchev–Trinajstić information content (AvgIpc) is 3.11. The molecule has 0 spiro atoms. The van der Waals surface area contributed by atoms with Crippen LogP contribution in [0, 0.1) is 0 Å². The summed E-state index contributed by atoms with van der Waals surface area (Å²) in [5.74, 6) is 0.264. The van der Waals surface area contributed by atoms with Crippen LogP contribution in [0.5, 0.6) is 0 Å². The highest BCUT2D eigenvalue weighted by atomic mass is 16.5. The molecule has 0 radical (unpaired) electrons. The van der Waals surface area contributed by atoms with Gasteiger partial charge in [0.25, 0.3) is 5.91 Å². The zero-order chi connectivity index (χ0) is 17.1. The van der Waals surface area contributed by atoms with Crippen molar-refractivity contribution in [2.24, 2.45) is 0 Å². The number of hydrogen-bond acceptors (Lipinski definition) is 5. The Morgan fingerprint density at radius 1 is 1.28 bits per heavy atom. The Bertz CT molecular complexity index is 886. The number of ether oxygens (including phenoxy) is 1. The number of rotatable bonds is 4. The third kappa shape index (κ3) is 3.66. The van der Waals surface area contributed by atoms with Crippen molar-refractivity contribution >= 4 is 22.8 Å². The lowest BCUT2D eigenvalue weighted by Crippen LogP contribution is -2.24. The summed E-state index contributed by atoms with van der Waals surface area (Å²) in [6.45, 7) is 1.48. The summed E-state index contributed by atoms with van der Waals surface area (Å²) in [7, 11) is 0. The first kappa shape index (κ1) is 15.7. The molecule has 0 saturated carbocycles. The summed E-state index contributed by atoms with van der Waals surface area (Å²) in [5.41, 5.74) is 2.04. The summed E-state index contributed by atoms with van der Waals surface area (Å²) < 4.78 is 7.48. The molecule has 1 atom stereocenters. The Hall–Kier alpha value is -2.80. The van der Waals surface area contributed by atoms with Gasteiger partial charge >= 0.3 is 0 Å². The van der Waals surface area contributed by atoms with E-state index in [1.54, 1.807) is 29.3 Å². The molecule has 128 valence electrons. The molecule has 1 saturated heterocycles. The topological polar surface area (TPSA) is 81.9 Å². The fourth-order valence-corrected chi connectivity index (χ4v) is 2.96. The van der Waals surface area contributed by atoms with Gasteiger partial charge in [-0.1, -0.05) is 0 Å². The predicted molar refractivity (Wildman–Crippen MR) is 93.3 cm³/mol. The van der Waals surface area contributed by atoms with E-state index in [0.717, 1.165) is 30.5 Å². The standard InChI is InChI=1S/C18H19N5O2/c24-18(22-17-7-6-15-16(21-17)5-3-8-19-15)13-10-20-23(11-13)12-14-4-1-2-9-25-14/h3,5-8,10-11,14H,1-2,4,9,12H2,(H,21,22,24). The molecule has 1 aliphatic heterocycles. The zero-order valence-electron chi connectivity index (χ0n) is 13.8. The van der Waals surface area contributed by atoms with Gasteiger partial charge in [0.15, 0.2) is 0 Å². The number of amides is 1. The minimum Gasteiger partial charge on any atom is -0.376 e. The highest BCUT2D eigenvalue weighted by Crippen LogP contribution is 2.15. The fraction of sp³-hybridized carbons (Fsp3) is 0.333. The maximum absolute atomic E-state index is 12.4. The molecule has 7 heteroatoms. The van der Waals surface area contributed by atoms with Gasteiger partial charge in [-0.15, -0.1) is 0 Å². The molecule has 1 amide bonds. The van der Waals surface area contributed by atoms with Gasteiger partial charge in [-0.05, 0) is 43.5 Å². The van der Waals surface area contributed by atoms with Crippen molar-refractivity contribution in [3.05, 3.63) is 48.4 Å². The molecule has 3 aromatic rings. The van der Waals surface area contributed by atoms with E-state index in [-0.39, 0.29) is 12.0 Å². The van der Waals surface area contributed by atoms with Crippen LogP contribution in [0.3, 0.4) is 0 Å². The second-order valence-corrected chi connectivity index (χ2v) is 6.13. The van der Waals surface area contributed by atoms with Crippen molar-refractivity contribution in [2.45, 2.75) is 31.9 Å². The molecular formula is C18H19N5O2. The smallest absolute Gasteiger partial charge is 0.260 e. The molecule has 1 unspecified atom stereocenters. The van der Waals surface area contributed by atoms with E-state index in [1.165, 1.54) is 6.42 Å². The number of pyridine rings is 2. The lowest BCUT2D eigenvalue weighted by Gasteiger charge is -2.22. The lowest BCUT2D eigenvalue weighted by molar-refractivity contribution is 0.00398. The Morgan fingerprint density at radius 2 is 2.24 bits per heavy atom. The SMILES string of the molecule is O=C(Nc1ccc2ncccc2n1)c1cnn(CC2CCCCO2)c1. The summed E-state index contributed by atoms with van der Waals surface area (Å²) in [6.07, 6.45) is 8.55. The molecule has 4 heterocycles. The normalized spacial score (nSPS) is 17.5. The quantitative estimate of drug-likeness (QED) is 0.791. The molecule has 0 bridgehead atoms. The Labute approximate surface area is 145 Å². The van der Waals surface area contributed by atoms with Gasteiger partial charge in [-0.3, -0.25) is 14.5 Å². The summed E-state index contributed by atoms with van der Waals surface area (Å²) in [6, 6.07) is 7.26. The predicted octanol–water partition coefficient (Wildman–Crippen LogP) is 2.65. The molecule has 25 heavy (non-hydrogen) atoms. The molecule has 0 aromatic carbocycles. The second kappa shape index (κ2) is 6.98. The minimum atomic E-state index is -0.230. The van der Waals surface area contributed by atoms with Crippen LogP contribution >= 0.6 is 0 Å². The Kier molecular flexibility index (Phi) is 4.39. The first-order valence-electron chi connectivity index (χ1n) is 8.45. The van der Waals surface area contributed by atoms with Crippen LogP contribution in [0.1, 0.15) is 29.6 Å². The third-order valence-electron chi connectivity index (χ3n) is 4.26. The van der Waals surface area contributed by atoms with Crippen molar-refractivity contribution in [1.29, 1.82) is 0 Å². The van der Waals surface area contributed by atoms with Crippen molar-refractivity contribution in [3.63, 3.8) is 0 Å². The van der Waals surface area contributed by atoms with Gasteiger partial charge in [-0.2, -0.15) is 5.10 Å². The van der Waals surface area contributed by atoms with Crippen LogP contribution in [0.25, 0.3) is 11.0 Å². The largest absolute Gasteiger partial charge is 0.376 e. The molecule has 4 rings (SSSR count). The minimum absolute atomic E-state index is 0.180. The monoisotopic (exact) mass is 337 g/mol. The molecule has 1 aliphatic rings. The van der Waals surface area contributed by atoms with Gasteiger partial charge < -0.3 is 10.1 Å². The van der Waals surface area contributed by atoms with E-state index in [0.29, 0.717) is 17.9 Å². The number of nitrogens with zero attached hydrogens (tertiary/aromatic N) is 4. The Morgan fingerprint density at radius 3 is 3.12 bits per heavy atom. The highest BCUT2D eigenvalue weighted by Gasteiger charge is 2.16. The first-order chi connectivity index (χ1) is 12.3. The van der Waals surface area contributed by atoms with Crippen LogP contribution in [-0.4, -0.2) is 38.4 Å². The van der Waals surface area contributed by atoms with E-state index < -0.39 is 0 Å². The lowest BCUT2D eigenvalue weighted by atomic mass is 10.1. The third-order valence-corrected chi connectivity index (χ3v) is 4.26. The summed E-state index contributed by atoms with van der Waals surface area (Å²) in [4.78, 5) is 21.0. The van der Waals surface area contributed by atoms with Crippen LogP contribution in [0.4, 0.5) is 5.82 Å². The molecular weight excluding hydrogens is 318 g/mol. The Balaban J connectivity index is 1.43. The van der Waals surface area contributed by atoms with Crippen molar-refractivity contribution in [2.75, 3.05) is 11.9 Å². The van der Waals surface area contributed by atoms with E-state index >= 15 is 0 Å². The maximum Gasteiger partial charge on any atom is 0.260 e. The van der Waals surface area contributed by atoms with Gasteiger partial charge in [0.2, 0.25) is 0 Å². The number of anilines is 1. The summed E-state index contributed by atoms with van der Waals surface area (Å²) >= 11 is 0. The summed E-state index contributed by atoms with van der Waals surface area (Å²) in [5, 5.41) is 7.07. The van der Waals surface area contributed by atoms with Crippen molar-refractivity contribution < 1.29 is 9.53 Å². The van der Waals surface area contributed by atoms with Gasteiger partial charge in [0.1, 0.15) is 5.82 Å². The molecule has 1 N–H and O–H groups in total. The van der Waals surface area contributed by atoms with E-state index in [2.05, 4.69) is 20.4 Å². The van der Waals surface area contributed by atoms with Crippen LogP contribution in [0.15, 0.2) is 42.9 Å². The maximum atomic E-state index is 12.4. The molecule has 1 fully saturated rings. The van der Waals surface area contributed by atoms with E-state index in [9.17, 15) is 4.79 Å². The number of fused-ring (bicyclic) bond motifs is 1. The van der Waals surface area contributed by atoms with Crippen LogP contribution in [-0.2, 0) is 11.3 Å². The first-order valence-corrected chi connectivity index (χ1v) is 8.45. The number of nitrogens with one attached hydrogen (secondary N) is 1. The van der Waals surface area contributed by atoms with Crippen LogP contribution < -0.4 is 5.32 Å². The van der Waals surface area contributed by atoms with Crippen LogP contribution in [0.2, 0.25) is 0 Å². The molecule has 7 nitrogen and oxygen atoms in total. The second-order valence-electron chi connectivity index (χ2n) is 6.13. The van der Waals surface area contributed by atoms with Gasteiger partial charge in [0.05, 0.1) is 35.4 Å². The average molecular weight is 337 g/mol. The van der Waals surface area contributed by atoms with Gasteiger partial charge in [-0.25, -0.2) is 4.98 Å². The van der Waals surface area contributed by atoms with E-state index in [4.69, 9.17) is 4.74 Å².